The zero-order valence-corrected chi connectivity index (χ0v) is 86.0. The molecule has 4 aromatic rings. The molecule has 4 aromatic carbocycles. The van der Waals surface area contributed by atoms with Crippen molar-refractivity contribution < 1.29 is 163 Å². The van der Waals surface area contributed by atoms with Gasteiger partial charge in [-0.25, -0.2) is 37.9 Å². The quantitative estimate of drug-likeness (QED) is 0.00881. The number of methoxy groups -OCH3 is 2. The topological polar surface area (TPSA) is 496 Å². The number of hydrogen-bond donors (Lipinski definition) is 8. The molecule has 0 unspecified atom stereocenters. The van der Waals surface area contributed by atoms with E-state index in [9.17, 15) is 76.6 Å². The van der Waals surface area contributed by atoms with Crippen molar-refractivity contribution in [2.24, 2.45) is 71.0 Å². The minimum atomic E-state index is -4.76. The van der Waals surface area contributed by atoms with Crippen molar-refractivity contribution in [2.75, 3.05) is 40.6 Å². The van der Waals surface area contributed by atoms with E-state index < -0.39 is 70.6 Å². The third kappa shape index (κ3) is 36.7. The highest BCUT2D eigenvalue weighted by molar-refractivity contribution is 7.46. The Morgan fingerprint density at radius 3 is 0.944 bits per heavy atom. The van der Waals surface area contributed by atoms with Crippen LogP contribution in [-0.2, 0) is 146 Å². The van der Waals surface area contributed by atoms with E-state index in [1.165, 1.54) is 39.2 Å². The van der Waals surface area contributed by atoms with Crippen LogP contribution in [0.15, 0.2) is 72.8 Å². The van der Waals surface area contributed by atoms with E-state index in [2.05, 4.69) is 39.0 Å². The van der Waals surface area contributed by atoms with Gasteiger partial charge in [0.15, 0.2) is 26.4 Å². The number of hydrogen-bond acceptors (Lipinski definition) is 26. The number of carboxylic acids is 4. The van der Waals surface area contributed by atoms with E-state index in [4.69, 9.17) is 86.3 Å². The van der Waals surface area contributed by atoms with Gasteiger partial charge < -0.3 is 96.8 Å². The van der Waals surface area contributed by atoms with Gasteiger partial charge in [-0.15, -0.1) is 0 Å². The molecule has 4 fully saturated rings. The first-order valence-electron chi connectivity index (χ1n) is 51.4. The van der Waals surface area contributed by atoms with E-state index in [0.29, 0.717) is 111 Å². The molecular weight excluding hydrogens is 1880 g/mol. The maximum atomic E-state index is 12.3. The van der Waals surface area contributed by atoms with Gasteiger partial charge >= 0.3 is 75.7 Å². The summed E-state index contributed by atoms with van der Waals surface area (Å²) in [6, 6.07) is 22.9. The average Bonchev–Trinajstić information content (AvgIpc) is 1.64. The molecule has 0 radical (unpaired) electrons. The van der Waals surface area contributed by atoms with Gasteiger partial charge in [0.1, 0.15) is 59.6 Å². The van der Waals surface area contributed by atoms with Crippen LogP contribution in [0.1, 0.15) is 293 Å². The summed E-state index contributed by atoms with van der Waals surface area (Å²) in [7, 11) is -6.84. The molecule has 20 atom stereocenters. The van der Waals surface area contributed by atoms with Crippen molar-refractivity contribution in [2.45, 2.75) is 348 Å². The second-order valence-electron chi connectivity index (χ2n) is 39.4. The summed E-state index contributed by atoms with van der Waals surface area (Å²) >= 11 is 0. The summed E-state index contributed by atoms with van der Waals surface area (Å²) in [4.78, 5) is 153. The van der Waals surface area contributed by atoms with Crippen LogP contribution in [0.3, 0.4) is 0 Å². The maximum Gasteiger partial charge on any atom is 0.508 e. The summed E-state index contributed by atoms with van der Waals surface area (Å²) in [5, 5.41) is 36.0. The first-order valence-corrected chi connectivity index (χ1v) is 54.4. The molecule has 0 heterocycles. The molecule has 36 heteroatoms. The fourth-order valence-corrected chi connectivity index (χ4v) is 24.7. The highest BCUT2D eigenvalue weighted by atomic mass is 31.2. The van der Waals surface area contributed by atoms with Crippen LogP contribution in [0.25, 0.3) is 0 Å². The van der Waals surface area contributed by atoms with Gasteiger partial charge in [0, 0.05) is 26.7 Å². The zero-order chi connectivity index (χ0) is 103. The number of rotatable bonds is 52. The number of carbonyl (C=O) groups is 10. The van der Waals surface area contributed by atoms with Crippen molar-refractivity contribution in [1.29, 1.82) is 0 Å². The number of carboxylic acid groups (broad SMARTS) is 4. The van der Waals surface area contributed by atoms with Gasteiger partial charge in [-0.3, -0.25) is 28.2 Å². The molecule has 8 aliphatic rings. The predicted molar refractivity (Wildman–Crippen MR) is 522 cm³/mol. The van der Waals surface area contributed by atoms with E-state index in [1.807, 2.05) is 63.2 Å². The fourth-order valence-electron chi connectivity index (χ4n) is 23.5. The van der Waals surface area contributed by atoms with Gasteiger partial charge in [-0.2, -0.15) is 0 Å². The number of carbonyl (C=O) groups excluding carboxylic acids is 6. The Balaban J connectivity index is 0.000000211. The van der Waals surface area contributed by atoms with Gasteiger partial charge in [0.25, 0.3) is 0 Å². The van der Waals surface area contributed by atoms with Gasteiger partial charge in [0.05, 0.1) is 26.4 Å². The SMILES string of the molecule is CCCCC[C@@H](CC[C@@H]1[C@H]2Cc3cccc(OCC(=O)O)c3C[C@H]2C[C@H]1OC(=O)CC)OC(=O)CC.CCCCC[C@@H](CC[C@@H]1[C@H]2Cc3cccc(OCC(=O)O)c3C[C@H]2C[C@H]1OC(=O)OC)OC(=O)OC.CCCCC[C@@H](CC[C@@H]1[C@H]2Cc3cccc(OCC(=O)O)c3C[C@H]2C[C@H]1OC(C)=O)OC(C)=O.CCCCC[C@@H](CC[C@@H]1[C@H]2Cc3cccc(OCC(=O)O)c3C[C@H]2C[C@H]1OP(=O)(O)O)OP(=O)(O)O. The van der Waals surface area contributed by atoms with Crippen molar-refractivity contribution in [3.63, 3.8) is 0 Å². The largest absolute Gasteiger partial charge is 0.508 e. The van der Waals surface area contributed by atoms with E-state index in [0.717, 1.165) is 213 Å². The van der Waals surface area contributed by atoms with Crippen molar-refractivity contribution in [1.82, 2.24) is 0 Å². The number of esters is 4. The summed E-state index contributed by atoms with van der Waals surface area (Å²) in [6.45, 7) is 13.5. The van der Waals surface area contributed by atoms with Crippen molar-refractivity contribution in [3.05, 3.63) is 117 Å². The molecule has 0 saturated heterocycles. The molecule has 0 bridgehead atoms. The highest BCUT2D eigenvalue weighted by Crippen LogP contribution is 2.57. The standard InChI is InChI=1S/C29H42O7.C27H38O9.C27H38O7.C23H36O11P2/c1-4-7-8-11-21(35-28(32)5-2)13-14-22-23-15-19-10-9-12-25(34-18-27(30)31)24(19)16-20(23)17-26(22)36-29(33)6-3;1-4-5-6-9-19(35-26(30)32-2)11-12-20-21-13-17-8-7-10-23(34-16-25(28)29)22(17)14-18(21)15-24(20)36-27(31)33-3;1-4-5-6-9-21(33-17(2)28)11-12-22-23-13-19-8-7-10-25(32-16-27(30)31)24(19)14-20(23)15-26(22)34-18(3)29;1-2-3-4-7-17(33-35(26,27)28)9-10-18-19-11-15-6-5-8-21(32-14-23(24)25)20(15)12-16(19)13-22(18)34-36(29,30)31/h9-10,12,20-23,26H,4-8,11,13-18H2,1-3H3,(H,30,31);7-8,10,18-21,24H,4-6,9,11-16H2,1-3H3,(H,28,29);7-8,10,20-23,26H,4-6,9,11-16H2,1-3H3,(H,30,31);5-6,8,16-19,22H,2-4,7,9-14H2,1H3,(H,24,25)(H2,26,27,28)(H2,29,30,31)/t20-,21-,22+,23-,26+;18-,19-,20+,21-,24+;20-,21-,22+,23-,26+;16-,17-,18+,19-,22+/m0000/s1. The fraction of sp³-hybridized carbons (Fsp3) is 0.679. The van der Waals surface area contributed by atoms with E-state index >= 15 is 0 Å². The van der Waals surface area contributed by atoms with Gasteiger partial charge in [-0.05, 0) is 313 Å². The minimum absolute atomic E-state index is 0.0369. The Morgan fingerprint density at radius 2 is 0.641 bits per heavy atom. The van der Waals surface area contributed by atoms with Crippen LogP contribution in [0.2, 0.25) is 0 Å². The number of ether oxygens (including phenoxy) is 12. The Bertz CT molecular complexity index is 4690. The summed E-state index contributed by atoms with van der Waals surface area (Å²) < 4.78 is 99.6. The normalized spacial score (nSPS) is 23.8. The first-order chi connectivity index (χ1) is 67.8. The monoisotopic (exact) mass is 2030 g/mol. The minimum Gasteiger partial charge on any atom is -0.482 e. The van der Waals surface area contributed by atoms with Crippen LogP contribution in [-0.4, -0.2) is 190 Å². The molecule has 0 spiro atoms. The molecule has 792 valence electrons. The summed E-state index contributed by atoms with van der Waals surface area (Å²) in [5.41, 5.74) is 8.57. The first kappa shape index (κ1) is 116. The molecule has 142 heavy (non-hydrogen) atoms. The third-order valence-corrected chi connectivity index (χ3v) is 30.8. The molecule has 34 nitrogen and oxygen atoms in total. The lowest BCUT2D eigenvalue weighted by molar-refractivity contribution is -0.152. The van der Waals surface area contributed by atoms with E-state index in [1.54, 1.807) is 12.1 Å². The Morgan fingerprint density at radius 1 is 0.338 bits per heavy atom. The lowest BCUT2D eigenvalue weighted by Crippen LogP contribution is -2.30. The predicted octanol–water partition coefficient (Wildman–Crippen LogP) is 19.2. The van der Waals surface area contributed by atoms with E-state index in [-0.39, 0.29) is 128 Å². The molecule has 12 rings (SSSR count). The zero-order valence-electron chi connectivity index (χ0n) is 84.3. The molecular formula is C106H154O34P2. The number of fused-ring (bicyclic) bond motifs is 8. The highest BCUT2D eigenvalue weighted by Gasteiger charge is 2.53. The van der Waals surface area contributed by atoms with Crippen LogP contribution in [0, 0.1) is 71.0 Å². The number of phosphoric ester groups is 2. The summed E-state index contributed by atoms with van der Waals surface area (Å²) in [6.07, 6.45) is 26.1. The Kier molecular flexibility index (Phi) is 47.5. The molecule has 8 N–H and O–H groups in total. The van der Waals surface area contributed by atoms with Crippen LogP contribution >= 0.6 is 15.6 Å². The molecule has 0 amide bonds. The number of unbranched alkanes of at least 4 members (excludes halogenated alkanes) is 8. The van der Waals surface area contributed by atoms with Crippen LogP contribution < -0.4 is 18.9 Å². The Hall–Kier alpha value is -9.40. The molecule has 4 saturated carbocycles. The van der Waals surface area contributed by atoms with Gasteiger partial charge in [-0.1, -0.05) is 148 Å². The average molecular weight is 2030 g/mol. The van der Waals surface area contributed by atoms with Gasteiger partial charge in [0.2, 0.25) is 0 Å². The van der Waals surface area contributed by atoms with Crippen molar-refractivity contribution >= 4 is 75.7 Å². The summed E-state index contributed by atoms with van der Waals surface area (Å²) in [5.74, 6) is -0.314. The molecule has 8 aliphatic carbocycles. The third-order valence-electron chi connectivity index (χ3n) is 29.7. The number of aliphatic carboxylic acids is 4. The Labute approximate surface area is 834 Å². The maximum absolute atomic E-state index is 12.3. The lowest BCUT2D eigenvalue weighted by Gasteiger charge is -2.33. The number of phosphoric acid groups is 2. The molecule has 0 aromatic heterocycles. The number of benzene rings is 4. The van der Waals surface area contributed by atoms with Crippen LogP contribution in [0.4, 0.5) is 9.59 Å². The second-order valence-corrected chi connectivity index (χ2v) is 41.8. The smallest absolute Gasteiger partial charge is 0.482 e. The molecule has 0 aliphatic heterocycles. The lowest BCUT2D eigenvalue weighted by atomic mass is 9.73. The second kappa shape index (κ2) is 58.1. The van der Waals surface area contributed by atoms with Crippen molar-refractivity contribution in [3.8, 4) is 23.0 Å². The van der Waals surface area contributed by atoms with Crippen LogP contribution in [0.5, 0.6) is 23.0 Å².